The van der Waals surface area contributed by atoms with Crippen LogP contribution in [0.4, 0.5) is 0 Å². The van der Waals surface area contributed by atoms with E-state index in [0.717, 1.165) is 11.5 Å². The lowest BCUT2D eigenvalue weighted by Gasteiger charge is -2.16. The molecular formula is C15H17NO3. The first-order chi connectivity index (χ1) is 8.97. The Labute approximate surface area is 112 Å². The van der Waals surface area contributed by atoms with Crippen LogP contribution in [0.5, 0.6) is 5.75 Å². The second-order valence-electron chi connectivity index (χ2n) is 4.67. The summed E-state index contributed by atoms with van der Waals surface area (Å²) in [4.78, 5) is 13.8. The van der Waals surface area contributed by atoms with Crippen molar-refractivity contribution in [1.82, 2.24) is 4.90 Å². The van der Waals surface area contributed by atoms with E-state index in [-0.39, 0.29) is 11.7 Å². The number of benzene rings is 1. The Balaban J connectivity index is 2.12. The van der Waals surface area contributed by atoms with E-state index in [0.29, 0.717) is 17.7 Å². The summed E-state index contributed by atoms with van der Waals surface area (Å²) >= 11 is 0. The minimum Gasteiger partial charge on any atom is -0.508 e. The quantitative estimate of drug-likeness (QED) is 0.922. The number of rotatable bonds is 3. The summed E-state index contributed by atoms with van der Waals surface area (Å²) in [6.07, 6.45) is 0. The second-order valence-corrected chi connectivity index (χ2v) is 4.67. The highest BCUT2D eigenvalue weighted by Gasteiger charge is 2.14. The van der Waals surface area contributed by atoms with Crippen LogP contribution >= 0.6 is 0 Å². The van der Waals surface area contributed by atoms with Gasteiger partial charge in [-0.15, -0.1) is 0 Å². The first-order valence-corrected chi connectivity index (χ1v) is 6.08. The van der Waals surface area contributed by atoms with Gasteiger partial charge >= 0.3 is 0 Å². The third-order valence-electron chi connectivity index (χ3n) is 2.98. The Morgan fingerprint density at radius 1 is 1.26 bits per heavy atom. The Kier molecular flexibility index (Phi) is 3.60. The number of amides is 1. The largest absolute Gasteiger partial charge is 0.508 e. The van der Waals surface area contributed by atoms with Gasteiger partial charge in [0.25, 0.3) is 5.91 Å². The van der Waals surface area contributed by atoms with E-state index in [2.05, 4.69) is 0 Å². The van der Waals surface area contributed by atoms with Gasteiger partial charge in [-0.1, -0.05) is 0 Å². The predicted molar refractivity (Wildman–Crippen MR) is 72.1 cm³/mol. The minimum atomic E-state index is -0.0999. The summed E-state index contributed by atoms with van der Waals surface area (Å²) in [5.74, 6) is 1.68. The molecule has 0 atom stereocenters. The van der Waals surface area contributed by atoms with Crippen molar-refractivity contribution in [3.05, 3.63) is 53.0 Å². The van der Waals surface area contributed by atoms with Gasteiger partial charge in [-0.3, -0.25) is 4.79 Å². The van der Waals surface area contributed by atoms with Crippen LogP contribution in [0.25, 0.3) is 0 Å². The highest BCUT2D eigenvalue weighted by molar-refractivity contribution is 5.94. The van der Waals surface area contributed by atoms with Crippen LogP contribution < -0.4 is 0 Å². The fourth-order valence-electron chi connectivity index (χ4n) is 1.88. The summed E-state index contributed by atoms with van der Waals surface area (Å²) < 4.78 is 5.45. The molecule has 1 heterocycles. The predicted octanol–water partition coefficient (Wildman–Crippen LogP) is 2.87. The number of carbonyl (C=O) groups excluding carboxylic acids is 1. The fourth-order valence-corrected chi connectivity index (χ4v) is 1.88. The molecule has 2 rings (SSSR count). The van der Waals surface area contributed by atoms with Crippen molar-refractivity contribution in [1.29, 1.82) is 0 Å². The molecule has 100 valence electrons. The number of nitrogens with zero attached hydrogens (tertiary/aromatic N) is 1. The van der Waals surface area contributed by atoms with Crippen molar-refractivity contribution in [3.8, 4) is 5.75 Å². The van der Waals surface area contributed by atoms with Gasteiger partial charge in [0.15, 0.2) is 0 Å². The third-order valence-corrected chi connectivity index (χ3v) is 2.98. The van der Waals surface area contributed by atoms with E-state index in [1.807, 2.05) is 19.1 Å². The van der Waals surface area contributed by atoms with Crippen LogP contribution in [-0.4, -0.2) is 23.0 Å². The summed E-state index contributed by atoms with van der Waals surface area (Å²) in [5, 5.41) is 9.46. The molecule has 1 amide bonds. The average Bonchev–Trinajstić information content (AvgIpc) is 2.77. The van der Waals surface area contributed by atoms with E-state index in [1.165, 1.54) is 6.07 Å². The first kappa shape index (κ1) is 13.2. The molecule has 4 nitrogen and oxygen atoms in total. The summed E-state index contributed by atoms with van der Waals surface area (Å²) in [6.45, 7) is 4.06. The molecule has 0 aliphatic rings. The highest BCUT2D eigenvalue weighted by Crippen LogP contribution is 2.18. The van der Waals surface area contributed by atoms with E-state index in [1.54, 1.807) is 31.0 Å². The Morgan fingerprint density at radius 2 is 2.00 bits per heavy atom. The van der Waals surface area contributed by atoms with Gasteiger partial charge in [0.05, 0.1) is 6.54 Å². The van der Waals surface area contributed by atoms with E-state index in [9.17, 15) is 9.90 Å². The molecule has 4 heteroatoms. The number of phenolic OH excluding ortho intramolecular Hbond substituents is 1. The monoisotopic (exact) mass is 259 g/mol. The number of carbonyl (C=O) groups is 1. The molecule has 1 aromatic carbocycles. The highest BCUT2D eigenvalue weighted by atomic mass is 16.3. The molecule has 0 radical (unpaired) electrons. The van der Waals surface area contributed by atoms with Gasteiger partial charge in [0.1, 0.15) is 17.3 Å². The number of hydrogen-bond donors (Lipinski definition) is 1. The Bertz CT molecular complexity index is 601. The maximum absolute atomic E-state index is 12.2. The molecule has 1 N–H and O–H groups in total. The Hall–Kier alpha value is -2.23. The third kappa shape index (κ3) is 2.96. The van der Waals surface area contributed by atoms with Gasteiger partial charge < -0.3 is 14.4 Å². The van der Waals surface area contributed by atoms with Crippen molar-refractivity contribution in [2.24, 2.45) is 0 Å². The summed E-state index contributed by atoms with van der Waals surface area (Å²) in [5.41, 5.74) is 1.24. The topological polar surface area (TPSA) is 53.7 Å². The van der Waals surface area contributed by atoms with Crippen LogP contribution in [0.3, 0.4) is 0 Å². The molecule has 0 aliphatic heterocycles. The normalized spacial score (nSPS) is 10.5. The van der Waals surface area contributed by atoms with Crippen molar-refractivity contribution < 1.29 is 14.3 Å². The zero-order chi connectivity index (χ0) is 14.0. The fraction of sp³-hybridized carbons (Fsp3) is 0.267. The molecular weight excluding hydrogens is 242 g/mol. The molecule has 0 fully saturated rings. The number of aryl methyl sites for hydroxylation is 2. The molecule has 2 aromatic rings. The van der Waals surface area contributed by atoms with Crippen molar-refractivity contribution >= 4 is 5.91 Å². The lowest BCUT2D eigenvalue weighted by Crippen LogP contribution is -2.26. The molecule has 19 heavy (non-hydrogen) atoms. The van der Waals surface area contributed by atoms with Gasteiger partial charge in [0, 0.05) is 12.6 Å². The maximum Gasteiger partial charge on any atom is 0.254 e. The van der Waals surface area contributed by atoms with Gasteiger partial charge in [-0.2, -0.15) is 0 Å². The van der Waals surface area contributed by atoms with E-state index >= 15 is 0 Å². The van der Waals surface area contributed by atoms with Crippen molar-refractivity contribution in [2.45, 2.75) is 20.4 Å². The molecule has 0 saturated carbocycles. The number of aromatic hydroxyl groups is 1. The molecule has 0 spiro atoms. The average molecular weight is 259 g/mol. The van der Waals surface area contributed by atoms with Gasteiger partial charge in [0.2, 0.25) is 0 Å². The number of phenols is 1. The second kappa shape index (κ2) is 5.18. The number of hydrogen-bond acceptors (Lipinski definition) is 3. The Morgan fingerprint density at radius 3 is 2.58 bits per heavy atom. The van der Waals surface area contributed by atoms with E-state index < -0.39 is 0 Å². The molecule has 0 aliphatic carbocycles. The summed E-state index contributed by atoms with van der Waals surface area (Å²) in [7, 11) is 1.72. The van der Waals surface area contributed by atoms with Crippen molar-refractivity contribution in [2.75, 3.05) is 7.05 Å². The molecule has 0 unspecified atom stereocenters. The first-order valence-electron chi connectivity index (χ1n) is 6.08. The van der Waals surface area contributed by atoms with Crippen LogP contribution in [0.1, 0.15) is 27.4 Å². The van der Waals surface area contributed by atoms with E-state index in [4.69, 9.17) is 4.42 Å². The van der Waals surface area contributed by atoms with Crippen LogP contribution in [-0.2, 0) is 6.54 Å². The molecule has 1 aromatic heterocycles. The molecule has 0 saturated heterocycles. The van der Waals surface area contributed by atoms with Crippen LogP contribution in [0, 0.1) is 13.8 Å². The zero-order valence-electron chi connectivity index (χ0n) is 11.3. The maximum atomic E-state index is 12.2. The van der Waals surface area contributed by atoms with Gasteiger partial charge in [-0.25, -0.2) is 0 Å². The van der Waals surface area contributed by atoms with Crippen LogP contribution in [0.2, 0.25) is 0 Å². The van der Waals surface area contributed by atoms with Gasteiger partial charge in [-0.05, 0) is 49.7 Å². The standard InChI is InChI=1S/C15H17NO3/c1-10-8-12(5-7-14(10)17)15(18)16(3)9-13-6-4-11(2)19-13/h4-8,17H,9H2,1-3H3. The van der Waals surface area contributed by atoms with Crippen molar-refractivity contribution in [3.63, 3.8) is 0 Å². The number of furan rings is 1. The lowest BCUT2D eigenvalue weighted by atomic mass is 10.1. The smallest absolute Gasteiger partial charge is 0.254 e. The molecule has 0 bridgehead atoms. The van der Waals surface area contributed by atoms with Crippen LogP contribution in [0.15, 0.2) is 34.7 Å². The zero-order valence-corrected chi connectivity index (χ0v) is 11.3. The minimum absolute atomic E-state index is 0.0999. The SMILES string of the molecule is Cc1ccc(CN(C)C(=O)c2ccc(O)c(C)c2)o1. The lowest BCUT2D eigenvalue weighted by molar-refractivity contribution is 0.0775. The summed E-state index contributed by atoms with van der Waals surface area (Å²) in [6, 6.07) is 8.57.